The minimum atomic E-state index is -5.24. The Labute approximate surface area is 327 Å². The molecule has 0 saturated carbocycles. The third-order valence-corrected chi connectivity index (χ3v) is 8.58. The summed E-state index contributed by atoms with van der Waals surface area (Å²) in [6.07, 6.45) is 30.6. The molecule has 0 aromatic rings. The molecule has 11 heteroatoms. The van der Waals surface area contributed by atoms with E-state index in [-0.39, 0.29) is 78.6 Å². The SMILES string of the molecule is CCCCCCCCCCCCCCCC(=O)OC[C@H](COP(=O)([O-])[O-])OC(=O)CCCCCCCCCCCCCCC.[Na+].[Na+]. The Morgan fingerprint density at radius 3 is 1.13 bits per heavy atom. The molecule has 0 aromatic carbocycles. The summed E-state index contributed by atoms with van der Waals surface area (Å²) in [6.45, 7) is 3.49. The molecular weight excluding hydrogens is 625 g/mol. The Balaban J connectivity index is -0.00000924. The van der Waals surface area contributed by atoms with Gasteiger partial charge in [0.2, 0.25) is 0 Å². The quantitative estimate of drug-likeness (QED) is 0.0436. The zero-order valence-electron chi connectivity index (χ0n) is 30.5. The maximum Gasteiger partial charge on any atom is 1.00 e. The smallest absolute Gasteiger partial charge is 0.790 e. The molecular formula is C35H67Na2O8P. The van der Waals surface area contributed by atoms with Gasteiger partial charge >= 0.3 is 71.1 Å². The van der Waals surface area contributed by atoms with Gasteiger partial charge in [0.05, 0.1) is 14.4 Å². The zero-order valence-corrected chi connectivity index (χ0v) is 35.4. The van der Waals surface area contributed by atoms with Crippen LogP contribution in [0.2, 0.25) is 0 Å². The van der Waals surface area contributed by atoms with Gasteiger partial charge in [-0.15, -0.1) is 0 Å². The van der Waals surface area contributed by atoms with Crippen LogP contribution in [0.5, 0.6) is 0 Å². The minimum Gasteiger partial charge on any atom is -0.790 e. The monoisotopic (exact) mass is 692 g/mol. The molecule has 0 unspecified atom stereocenters. The summed E-state index contributed by atoms with van der Waals surface area (Å²) in [5.74, 6) is -0.945. The van der Waals surface area contributed by atoms with Gasteiger partial charge in [-0.05, 0) is 12.8 Å². The summed E-state index contributed by atoms with van der Waals surface area (Å²) in [7, 11) is -5.24. The molecule has 0 aromatic heterocycles. The van der Waals surface area contributed by atoms with E-state index >= 15 is 0 Å². The van der Waals surface area contributed by atoms with Crippen molar-refractivity contribution in [3.05, 3.63) is 0 Å². The topological polar surface area (TPSA) is 125 Å². The number of hydrogen-bond donors (Lipinski definition) is 0. The second-order valence-electron chi connectivity index (χ2n) is 12.5. The number of esters is 2. The van der Waals surface area contributed by atoms with Crippen LogP contribution >= 0.6 is 7.82 Å². The van der Waals surface area contributed by atoms with E-state index in [4.69, 9.17) is 9.47 Å². The van der Waals surface area contributed by atoms with Crippen molar-refractivity contribution in [2.75, 3.05) is 13.2 Å². The van der Waals surface area contributed by atoms with Gasteiger partial charge in [0, 0.05) is 12.8 Å². The molecule has 0 aliphatic carbocycles. The first kappa shape index (κ1) is 51.4. The van der Waals surface area contributed by atoms with E-state index < -0.39 is 32.5 Å². The van der Waals surface area contributed by atoms with Gasteiger partial charge < -0.3 is 28.3 Å². The second kappa shape index (κ2) is 38.8. The van der Waals surface area contributed by atoms with Crippen molar-refractivity contribution in [1.29, 1.82) is 0 Å². The number of unbranched alkanes of at least 4 members (excludes halogenated alkanes) is 24. The Hall–Kier alpha value is 1.05. The molecule has 0 heterocycles. The van der Waals surface area contributed by atoms with E-state index in [9.17, 15) is 23.9 Å². The first-order chi connectivity index (χ1) is 21.3. The first-order valence-corrected chi connectivity index (χ1v) is 19.8. The molecule has 46 heavy (non-hydrogen) atoms. The summed E-state index contributed by atoms with van der Waals surface area (Å²) < 4.78 is 25.7. The maximum absolute atomic E-state index is 12.3. The number of ether oxygens (including phenoxy) is 2. The largest absolute Gasteiger partial charge is 1.00 e. The van der Waals surface area contributed by atoms with Crippen LogP contribution in [0.25, 0.3) is 0 Å². The van der Waals surface area contributed by atoms with Gasteiger partial charge in [-0.25, -0.2) is 0 Å². The number of carbonyl (C=O) groups is 2. The third kappa shape index (κ3) is 41.2. The summed E-state index contributed by atoms with van der Waals surface area (Å²) in [5, 5.41) is 0. The van der Waals surface area contributed by atoms with Crippen LogP contribution in [-0.2, 0) is 28.2 Å². The van der Waals surface area contributed by atoms with Crippen molar-refractivity contribution >= 4 is 19.8 Å². The van der Waals surface area contributed by atoms with Crippen molar-refractivity contribution in [2.45, 2.75) is 200 Å². The van der Waals surface area contributed by atoms with Crippen LogP contribution in [0.15, 0.2) is 0 Å². The Morgan fingerprint density at radius 2 is 0.804 bits per heavy atom. The van der Waals surface area contributed by atoms with Crippen LogP contribution in [0, 0.1) is 0 Å². The normalized spacial score (nSPS) is 11.8. The average molecular weight is 693 g/mol. The molecule has 0 amide bonds. The maximum atomic E-state index is 12.3. The van der Waals surface area contributed by atoms with Crippen molar-refractivity contribution in [1.82, 2.24) is 0 Å². The molecule has 0 fully saturated rings. The summed E-state index contributed by atoms with van der Waals surface area (Å²) >= 11 is 0. The predicted octanol–water partition coefficient (Wildman–Crippen LogP) is 3.26. The fourth-order valence-corrected chi connectivity index (χ4v) is 5.72. The number of hydrogen-bond acceptors (Lipinski definition) is 8. The Morgan fingerprint density at radius 1 is 0.500 bits per heavy atom. The number of carbonyl (C=O) groups excluding carboxylic acids is 2. The van der Waals surface area contributed by atoms with E-state index in [2.05, 4.69) is 18.4 Å². The van der Waals surface area contributed by atoms with Gasteiger partial charge in [-0.2, -0.15) is 0 Å². The van der Waals surface area contributed by atoms with Gasteiger partial charge in [0.15, 0.2) is 6.10 Å². The van der Waals surface area contributed by atoms with Gasteiger partial charge in [-0.3, -0.25) is 9.59 Å². The molecule has 0 rings (SSSR count). The molecule has 262 valence electrons. The Kier molecular flexibility index (Phi) is 43.4. The van der Waals surface area contributed by atoms with Gasteiger partial charge in [0.25, 0.3) is 0 Å². The van der Waals surface area contributed by atoms with Crippen LogP contribution in [0.1, 0.15) is 194 Å². The van der Waals surface area contributed by atoms with Crippen molar-refractivity contribution in [2.24, 2.45) is 0 Å². The summed E-state index contributed by atoms with van der Waals surface area (Å²) in [4.78, 5) is 46.3. The minimum absolute atomic E-state index is 0. The molecule has 0 bridgehead atoms. The molecule has 0 spiro atoms. The zero-order chi connectivity index (χ0) is 32.6. The number of phosphoric acid groups is 1. The van der Waals surface area contributed by atoms with E-state index in [1.54, 1.807) is 0 Å². The van der Waals surface area contributed by atoms with Crippen LogP contribution in [0.4, 0.5) is 0 Å². The fraction of sp³-hybridized carbons (Fsp3) is 0.943. The molecule has 8 nitrogen and oxygen atoms in total. The molecule has 0 aliphatic heterocycles. The molecule has 0 radical (unpaired) electrons. The summed E-state index contributed by atoms with van der Waals surface area (Å²) in [5.41, 5.74) is 0. The second-order valence-corrected chi connectivity index (χ2v) is 13.7. The van der Waals surface area contributed by atoms with Crippen LogP contribution in [0.3, 0.4) is 0 Å². The van der Waals surface area contributed by atoms with Crippen molar-refractivity contribution < 1.29 is 97.1 Å². The molecule has 1 atom stereocenters. The van der Waals surface area contributed by atoms with Crippen molar-refractivity contribution in [3.8, 4) is 0 Å². The first-order valence-electron chi connectivity index (χ1n) is 18.3. The standard InChI is InChI=1S/C35H69O8P.2Na/c1-3-5-7-9-11-13-15-17-19-21-23-25-27-29-34(36)41-31-33(32-42-44(38,39)40)43-35(37)30-28-26-24-22-20-18-16-14-12-10-8-6-4-2;;/h33H,3-32H2,1-2H3,(H2,38,39,40);;/q;2*+1/p-2/t33-;;/m1../s1. The Bertz CT molecular complexity index is 708. The average Bonchev–Trinajstić information content (AvgIpc) is 2.98. The van der Waals surface area contributed by atoms with E-state index in [1.165, 1.54) is 122 Å². The number of rotatable bonds is 34. The van der Waals surface area contributed by atoms with Crippen LogP contribution < -0.4 is 68.9 Å². The van der Waals surface area contributed by atoms with Gasteiger partial charge in [-0.1, -0.05) is 168 Å². The van der Waals surface area contributed by atoms with Crippen LogP contribution in [-0.4, -0.2) is 31.3 Å². The molecule has 0 saturated heterocycles. The predicted molar refractivity (Wildman–Crippen MR) is 175 cm³/mol. The van der Waals surface area contributed by atoms with E-state index in [0.29, 0.717) is 12.8 Å². The molecule has 0 N–H and O–H groups in total. The van der Waals surface area contributed by atoms with Crippen molar-refractivity contribution in [3.63, 3.8) is 0 Å². The molecule has 0 aliphatic rings. The van der Waals surface area contributed by atoms with E-state index in [1.807, 2.05) is 0 Å². The van der Waals surface area contributed by atoms with Gasteiger partial charge in [0.1, 0.15) is 6.61 Å². The number of phosphoric ester groups is 1. The van der Waals surface area contributed by atoms with E-state index in [0.717, 1.165) is 32.1 Å². The summed E-state index contributed by atoms with van der Waals surface area (Å²) in [6, 6.07) is 0. The fourth-order valence-electron chi connectivity index (χ4n) is 5.37. The third-order valence-electron chi connectivity index (χ3n) is 8.12.